The fraction of sp³-hybridized carbons (Fsp3) is 0.200. The van der Waals surface area contributed by atoms with Gasteiger partial charge in [0.05, 0.1) is 6.42 Å². The Morgan fingerprint density at radius 2 is 1.96 bits per heavy atom. The molecule has 0 aliphatic rings. The number of rotatable bonds is 5. The zero-order chi connectivity index (χ0) is 16.9. The van der Waals surface area contributed by atoms with Crippen molar-refractivity contribution in [2.75, 3.05) is 6.54 Å². The summed E-state index contributed by atoms with van der Waals surface area (Å²) in [5.74, 6) is 0.0501. The number of amides is 1. The molecule has 0 spiro atoms. The molecule has 0 atom stereocenters. The molecule has 0 radical (unpaired) electrons. The molecule has 122 valence electrons. The number of hydrogen-bond acceptors (Lipinski definition) is 2. The Kier molecular flexibility index (Phi) is 5.26. The Bertz CT molecular complexity index is 859. The molecule has 3 aromatic rings. The number of pyridine rings is 1. The first kappa shape index (κ1) is 16.7. The molecule has 1 amide bonds. The van der Waals surface area contributed by atoms with E-state index in [1.54, 1.807) is 0 Å². The molecular weight excluding hydrogens is 364 g/mol. The fourth-order valence-electron chi connectivity index (χ4n) is 2.73. The van der Waals surface area contributed by atoms with Crippen LogP contribution in [0.15, 0.2) is 59.2 Å². The highest BCUT2D eigenvalue weighted by molar-refractivity contribution is 9.10. The number of carbonyl (C=O) groups is 1. The molecule has 1 aromatic heterocycles. The maximum atomic E-state index is 12.3. The predicted molar refractivity (Wildman–Crippen MR) is 101 cm³/mol. The second kappa shape index (κ2) is 7.58. The van der Waals surface area contributed by atoms with Gasteiger partial charge >= 0.3 is 0 Å². The highest BCUT2D eigenvalue weighted by atomic mass is 79.9. The molecule has 0 bridgehead atoms. The predicted octanol–water partition coefficient (Wildman–Crippen LogP) is 4.21. The number of aryl methyl sites for hydroxylation is 1. The maximum Gasteiger partial charge on any atom is 0.224 e. The summed E-state index contributed by atoms with van der Waals surface area (Å²) >= 11 is 3.42. The van der Waals surface area contributed by atoms with Crippen molar-refractivity contribution in [2.24, 2.45) is 0 Å². The van der Waals surface area contributed by atoms with Crippen LogP contribution in [0.2, 0.25) is 0 Å². The van der Waals surface area contributed by atoms with Gasteiger partial charge in [-0.05, 0) is 48.1 Å². The summed E-state index contributed by atoms with van der Waals surface area (Å²) < 4.78 is 1.07. The van der Waals surface area contributed by atoms with Crippen LogP contribution in [-0.2, 0) is 17.6 Å². The third-order valence-electron chi connectivity index (χ3n) is 3.99. The van der Waals surface area contributed by atoms with Gasteiger partial charge in [-0.15, -0.1) is 0 Å². The summed E-state index contributed by atoms with van der Waals surface area (Å²) in [4.78, 5) is 16.6. The van der Waals surface area contributed by atoms with Gasteiger partial charge in [0.15, 0.2) is 0 Å². The van der Waals surface area contributed by atoms with Crippen molar-refractivity contribution in [3.63, 3.8) is 0 Å². The van der Waals surface area contributed by atoms with Gasteiger partial charge in [0.1, 0.15) is 0 Å². The number of halogens is 1. The number of benzene rings is 2. The molecule has 2 aromatic carbocycles. The molecule has 0 fully saturated rings. The molecule has 4 heteroatoms. The summed E-state index contributed by atoms with van der Waals surface area (Å²) in [7, 11) is 0. The highest BCUT2D eigenvalue weighted by Crippen LogP contribution is 2.19. The quantitative estimate of drug-likeness (QED) is 0.717. The topological polar surface area (TPSA) is 42.0 Å². The molecular formula is C20H19BrN2O. The van der Waals surface area contributed by atoms with Crippen LogP contribution in [0.25, 0.3) is 10.8 Å². The van der Waals surface area contributed by atoms with Gasteiger partial charge in [0.2, 0.25) is 5.91 Å². The van der Waals surface area contributed by atoms with Crippen molar-refractivity contribution in [3.05, 3.63) is 76.0 Å². The third-order valence-corrected chi connectivity index (χ3v) is 4.52. The Balaban J connectivity index is 1.61. The highest BCUT2D eigenvalue weighted by Gasteiger charge is 2.07. The van der Waals surface area contributed by atoms with E-state index in [1.165, 1.54) is 5.56 Å². The summed E-state index contributed by atoms with van der Waals surface area (Å²) in [6.45, 7) is 2.61. The second-order valence-electron chi connectivity index (χ2n) is 5.87. The lowest BCUT2D eigenvalue weighted by atomic mass is 10.0. The summed E-state index contributed by atoms with van der Waals surface area (Å²) in [6, 6.07) is 16.2. The molecule has 1 heterocycles. The molecule has 0 aliphatic carbocycles. The molecule has 0 unspecified atom stereocenters. The third kappa shape index (κ3) is 4.20. The van der Waals surface area contributed by atoms with Gasteiger partial charge < -0.3 is 5.32 Å². The zero-order valence-corrected chi connectivity index (χ0v) is 15.1. The maximum absolute atomic E-state index is 12.3. The van der Waals surface area contributed by atoms with Gasteiger partial charge in [0.25, 0.3) is 0 Å². The number of nitrogens with one attached hydrogen (secondary N) is 1. The molecule has 0 saturated carbocycles. The summed E-state index contributed by atoms with van der Waals surface area (Å²) in [5.41, 5.74) is 3.22. The van der Waals surface area contributed by atoms with Crippen LogP contribution in [0.5, 0.6) is 0 Å². The number of carbonyl (C=O) groups excluding carboxylic acids is 1. The Labute approximate surface area is 150 Å². The van der Waals surface area contributed by atoms with Crippen LogP contribution in [0.4, 0.5) is 0 Å². The van der Waals surface area contributed by atoms with Crippen LogP contribution in [-0.4, -0.2) is 17.4 Å². The van der Waals surface area contributed by atoms with Gasteiger partial charge in [-0.3, -0.25) is 9.78 Å². The number of nitrogens with zero attached hydrogens (tertiary/aromatic N) is 1. The van der Waals surface area contributed by atoms with E-state index in [2.05, 4.69) is 38.4 Å². The first-order valence-electron chi connectivity index (χ1n) is 7.97. The second-order valence-corrected chi connectivity index (χ2v) is 6.78. The van der Waals surface area contributed by atoms with E-state index in [9.17, 15) is 4.79 Å². The average Bonchev–Trinajstić information content (AvgIpc) is 2.57. The molecule has 24 heavy (non-hydrogen) atoms. The normalized spacial score (nSPS) is 10.8. The lowest BCUT2D eigenvalue weighted by Gasteiger charge is -2.08. The Hall–Kier alpha value is -2.20. The lowest BCUT2D eigenvalue weighted by molar-refractivity contribution is -0.120. The van der Waals surface area contributed by atoms with Gasteiger partial charge in [-0.1, -0.05) is 46.3 Å². The van der Waals surface area contributed by atoms with Crippen LogP contribution >= 0.6 is 15.9 Å². The number of fused-ring (bicyclic) bond motifs is 1. The zero-order valence-electron chi connectivity index (χ0n) is 13.6. The molecule has 3 nitrogen and oxygen atoms in total. The first-order chi connectivity index (χ1) is 11.6. The van der Waals surface area contributed by atoms with E-state index in [4.69, 9.17) is 0 Å². The number of aromatic nitrogens is 1. The van der Waals surface area contributed by atoms with Crippen LogP contribution in [0.3, 0.4) is 0 Å². The van der Waals surface area contributed by atoms with E-state index >= 15 is 0 Å². The fourth-order valence-corrected chi connectivity index (χ4v) is 2.99. The average molecular weight is 383 g/mol. The summed E-state index contributed by atoms with van der Waals surface area (Å²) in [5, 5.41) is 5.18. The van der Waals surface area contributed by atoms with Gasteiger partial charge in [-0.2, -0.15) is 0 Å². The molecule has 0 saturated heterocycles. The molecule has 0 aliphatic heterocycles. The van der Waals surface area contributed by atoms with Crippen molar-refractivity contribution in [2.45, 2.75) is 19.8 Å². The van der Waals surface area contributed by atoms with Crippen molar-refractivity contribution in [1.82, 2.24) is 10.3 Å². The summed E-state index contributed by atoms with van der Waals surface area (Å²) in [6.07, 6.45) is 3.08. The van der Waals surface area contributed by atoms with Gasteiger partial charge in [0, 0.05) is 28.3 Å². The van der Waals surface area contributed by atoms with E-state index in [1.807, 2.05) is 49.5 Å². The Morgan fingerprint density at radius 3 is 2.75 bits per heavy atom. The van der Waals surface area contributed by atoms with E-state index < -0.39 is 0 Å². The van der Waals surface area contributed by atoms with Crippen molar-refractivity contribution >= 4 is 32.6 Å². The van der Waals surface area contributed by atoms with Crippen LogP contribution in [0.1, 0.15) is 16.8 Å². The Morgan fingerprint density at radius 1 is 1.17 bits per heavy atom. The molecule has 1 N–H and O–H groups in total. The lowest BCUT2D eigenvalue weighted by Crippen LogP contribution is -2.27. The van der Waals surface area contributed by atoms with Crippen LogP contribution < -0.4 is 5.32 Å². The minimum Gasteiger partial charge on any atom is -0.355 e. The smallest absolute Gasteiger partial charge is 0.224 e. The van der Waals surface area contributed by atoms with E-state index in [0.717, 1.165) is 32.9 Å². The largest absolute Gasteiger partial charge is 0.355 e. The van der Waals surface area contributed by atoms with Crippen molar-refractivity contribution < 1.29 is 4.79 Å². The monoisotopic (exact) mass is 382 g/mol. The minimum atomic E-state index is 0.0501. The minimum absolute atomic E-state index is 0.0501. The van der Waals surface area contributed by atoms with Gasteiger partial charge in [-0.25, -0.2) is 0 Å². The number of hydrogen-bond donors (Lipinski definition) is 1. The van der Waals surface area contributed by atoms with Crippen molar-refractivity contribution in [1.29, 1.82) is 0 Å². The standard InChI is InChI=1S/C20H19BrN2O/c1-14-11-19-16(3-2-4-17(19)13-23-14)12-20(24)22-10-9-15-5-7-18(21)8-6-15/h2-8,11,13H,9-10,12H2,1H3,(H,22,24). The molecule has 3 rings (SSSR count). The SMILES string of the molecule is Cc1cc2c(CC(=O)NCCc3ccc(Br)cc3)cccc2cn1. The van der Waals surface area contributed by atoms with E-state index in [-0.39, 0.29) is 5.91 Å². The first-order valence-corrected chi connectivity index (χ1v) is 8.76. The van der Waals surface area contributed by atoms with E-state index in [0.29, 0.717) is 13.0 Å². The van der Waals surface area contributed by atoms with Crippen LogP contribution in [0, 0.1) is 6.92 Å². The van der Waals surface area contributed by atoms with Crippen molar-refractivity contribution in [3.8, 4) is 0 Å².